The number of pyridine rings is 1. The van der Waals surface area contributed by atoms with E-state index in [0.29, 0.717) is 17.1 Å². The van der Waals surface area contributed by atoms with Crippen LogP contribution in [-0.4, -0.2) is 14.8 Å². The number of rotatable bonds is 2. The predicted octanol–water partition coefficient (Wildman–Crippen LogP) is 2.66. The Bertz CT molecular complexity index is 706. The van der Waals surface area contributed by atoms with Crippen molar-refractivity contribution >= 4 is 5.82 Å². The first-order valence-corrected chi connectivity index (χ1v) is 5.76. The highest BCUT2D eigenvalue weighted by molar-refractivity contribution is 5.64. The second-order valence-corrected chi connectivity index (χ2v) is 4.05. The van der Waals surface area contributed by atoms with Gasteiger partial charge in [0.2, 0.25) is 0 Å². The van der Waals surface area contributed by atoms with Gasteiger partial charge in [-0.05, 0) is 24.3 Å². The third-order valence-electron chi connectivity index (χ3n) is 2.79. The lowest BCUT2D eigenvalue weighted by Gasteiger charge is -2.02. The van der Waals surface area contributed by atoms with E-state index in [4.69, 9.17) is 5.73 Å². The van der Waals surface area contributed by atoms with Crippen LogP contribution in [0.2, 0.25) is 0 Å². The maximum Gasteiger partial charge on any atom is 0.132 e. The van der Waals surface area contributed by atoms with Gasteiger partial charge in [-0.2, -0.15) is 5.10 Å². The van der Waals surface area contributed by atoms with E-state index in [1.807, 2.05) is 0 Å². The molecule has 0 aliphatic carbocycles. The van der Waals surface area contributed by atoms with Gasteiger partial charge in [-0.3, -0.25) is 4.98 Å². The van der Waals surface area contributed by atoms with Gasteiger partial charge in [0.05, 0.1) is 11.4 Å². The van der Waals surface area contributed by atoms with Crippen molar-refractivity contribution in [3.63, 3.8) is 0 Å². The molecule has 0 atom stereocenters. The number of hydrogen-bond donors (Lipinski definition) is 1. The van der Waals surface area contributed by atoms with Crippen molar-refractivity contribution in [3.05, 3.63) is 60.7 Å². The first-order chi connectivity index (χ1) is 9.25. The average molecular weight is 254 g/mol. The van der Waals surface area contributed by atoms with Gasteiger partial charge in [-0.25, -0.2) is 9.07 Å². The molecule has 0 unspecified atom stereocenters. The number of nitrogen functional groups attached to an aromatic ring is 1. The van der Waals surface area contributed by atoms with E-state index in [0.717, 1.165) is 5.69 Å². The Hall–Kier alpha value is -2.69. The summed E-state index contributed by atoms with van der Waals surface area (Å²) >= 11 is 0. The van der Waals surface area contributed by atoms with Crippen molar-refractivity contribution in [1.82, 2.24) is 14.8 Å². The Kier molecular flexibility index (Phi) is 2.72. The largest absolute Gasteiger partial charge is 0.384 e. The normalized spacial score (nSPS) is 10.6. The molecule has 0 radical (unpaired) electrons. The van der Waals surface area contributed by atoms with Crippen molar-refractivity contribution in [2.75, 3.05) is 5.73 Å². The number of nitrogens with two attached hydrogens (primary N) is 1. The molecule has 5 heteroatoms. The summed E-state index contributed by atoms with van der Waals surface area (Å²) < 4.78 is 15.3. The van der Waals surface area contributed by atoms with Gasteiger partial charge in [-0.1, -0.05) is 12.1 Å². The molecule has 0 saturated carbocycles. The molecule has 3 rings (SSSR count). The Labute approximate surface area is 109 Å². The molecule has 19 heavy (non-hydrogen) atoms. The summed E-state index contributed by atoms with van der Waals surface area (Å²) in [5.74, 6) is 0.131. The summed E-state index contributed by atoms with van der Waals surface area (Å²) in [4.78, 5) is 3.94. The highest BCUT2D eigenvalue weighted by Gasteiger charge is 2.11. The van der Waals surface area contributed by atoms with Crippen LogP contribution < -0.4 is 5.73 Å². The van der Waals surface area contributed by atoms with E-state index >= 15 is 0 Å². The van der Waals surface area contributed by atoms with Gasteiger partial charge in [0.15, 0.2) is 0 Å². The summed E-state index contributed by atoms with van der Waals surface area (Å²) in [6.07, 6.45) is 3.30. The molecule has 94 valence electrons. The van der Waals surface area contributed by atoms with Crippen LogP contribution in [0.1, 0.15) is 0 Å². The van der Waals surface area contributed by atoms with Gasteiger partial charge in [0.1, 0.15) is 11.6 Å². The number of nitrogens with zero attached hydrogens (tertiary/aromatic N) is 3. The molecule has 2 aromatic heterocycles. The van der Waals surface area contributed by atoms with E-state index in [2.05, 4.69) is 10.1 Å². The molecule has 2 N–H and O–H groups in total. The van der Waals surface area contributed by atoms with Gasteiger partial charge in [0.25, 0.3) is 0 Å². The van der Waals surface area contributed by atoms with Crippen molar-refractivity contribution in [2.45, 2.75) is 0 Å². The second kappa shape index (κ2) is 4.53. The summed E-state index contributed by atoms with van der Waals surface area (Å²) in [5.41, 5.74) is 7.64. The lowest BCUT2D eigenvalue weighted by atomic mass is 10.1. The molecule has 2 heterocycles. The molecule has 0 saturated heterocycles. The fourth-order valence-electron chi connectivity index (χ4n) is 1.89. The molecule has 0 amide bonds. The zero-order valence-corrected chi connectivity index (χ0v) is 9.99. The Morgan fingerprint density at radius 1 is 1.05 bits per heavy atom. The van der Waals surface area contributed by atoms with E-state index < -0.39 is 0 Å². The van der Waals surface area contributed by atoms with Crippen LogP contribution in [0.4, 0.5) is 10.2 Å². The van der Waals surface area contributed by atoms with Crippen LogP contribution in [0.15, 0.2) is 54.9 Å². The van der Waals surface area contributed by atoms with Crippen molar-refractivity contribution < 1.29 is 4.39 Å². The highest BCUT2D eigenvalue weighted by Crippen LogP contribution is 2.24. The van der Waals surface area contributed by atoms with Crippen LogP contribution in [0, 0.1) is 5.82 Å². The molecule has 4 nitrogen and oxygen atoms in total. The third kappa shape index (κ3) is 2.06. The van der Waals surface area contributed by atoms with E-state index in [1.165, 1.54) is 6.07 Å². The first-order valence-electron chi connectivity index (χ1n) is 5.76. The third-order valence-corrected chi connectivity index (χ3v) is 2.79. The van der Waals surface area contributed by atoms with Crippen molar-refractivity contribution in [1.29, 1.82) is 0 Å². The molecular weight excluding hydrogens is 243 g/mol. The van der Waals surface area contributed by atoms with Crippen LogP contribution in [-0.2, 0) is 0 Å². The zero-order valence-electron chi connectivity index (χ0n) is 9.99. The fourth-order valence-corrected chi connectivity index (χ4v) is 1.89. The quantitative estimate of drug-likeness (QED) is 0.764. The molecular formula is C14H11FN4. The number of anilines is 1. The number of benzene rings is 1. The maximum atomic E-state index is 13.7. The minimum absolute atomic E-state index is 0.318. The monoisotopic (exact) mass is 254 g/mol. The topological polar surface area (TPSA) is 56.7 Å². The Morgan fingerprint density at radius 2 is 1.79 bits per heavy atom. The number of hydrogen-bond acceptors (Lipinski definition) is 3. The van der Waals surface area contributed by atoms with E-state index in [9.17, 15) is 4.39 Å². The fraction of sp³-hybridized carbons (Fsp3) is 0. The van der Waals surface area contributed by atoms with E-state index in [-0.39, 0.29) is 5.82 Å². The number of halogens is 1. The summed E-state index contributed by atoms with van der Waals surface area (Å²) in [5, 5.41) is 4.34. The minimum Gasteiger partial charge on any atom is -0.384 e. The second-order valence-electron chi connectivity index (χ2n) is 4.05. The van der Waals surface area contributed by atoms with Gasteiger partial charge < -0.3 is 5.73 Å². The van der Waals surface area contributed by atoms with Crippen LogP contribution in [0.3, 0.4) is 0 Å². The zero-order chi connectivity index (χ0) is 13.2. The van der Waals surface area contributed by atoms with Gasteiger partial charge >= 0.3 is 0 Å². The minimum atomic E-state index is -0.318. The Morgan fingerprint density at radius 3 is 2.53 bits per heavy atom. The summed E-state index contributed by atoms with van der Waals surface area (Å²) in [6, 6.07) is 11.7. The average Bonchev–Trinajstić information content (AvgIpc) is 2.82. The number of aromatic nitrogens is 3. The first kappa shape index (κ1) is 11.4. The maximum absolute atomic E-state index is 13.7. The SMILES string of the molecule is Nc1cc(-c2ccccc2F)nn1-c1ccncc1. The van der Waals surface area contributed by atoms with Crippen LogP contribution in [0.5, 0.6) is 0 Å². The molecule has 0 fully saturated rings. The molecule has 0 bridgehead atoms. The van der Waals surface area contributed by atoms with Crippen molar-refractivity contribution in [2.24, 2.45) is 0 Å². The van der Waals surface area contributed by atoms with Crippen LogP contribution >= 0.6 is 0 Å². The predicted molar refractivity (Wildman–Crippen MR) is 71.2 cm³/mol. The molecule has 0 aliphatic heterocycles. The standard InChI is InChI=1S/C14H11FN4/c15-12-4-2-1-3-11(12)13-9-14(16)19(18-13)10-5-7-17-8-6-10/h1-9H,16H2. The lowest BCUT2D eigenvalue weighted by Crippen LogP contribution is -2.01. The van der Waals surface area contributed by atoms with Crippen LogP contribution in [0.25, 0.3) is 16.9 Å². The highest BCUT2D eigenvalue weighted by atomic mass is 19.1. The molecule has 1 aromatic carbocycles. The Balaban J connectivity index is 2.10. The molecule has 0 aliphatic rings. The summed E-state index contributed by atoms with van der Waals surface area (Å²) in [6.45, 7) is 0. The summed E-state index contributed by atoms with van der Waals surface area (Å²) in [7, 11) is 0. The smallest absolute Gasteiger partial charge is 0.132 e. The van der Waals surface area contributed by atoms with Gasteiger partial charge in [-0.15, -0.1) is 0 Å². The van der Waals surface area contributed by atoms with E-state index in [1.54, 1.807) is 53.5 Å². The van der Waals surface area contributed by atoms with Crippen molar-refractivity contribution in [3.8, 4) is 16.9 Å². The van der Waals surface area contributed by atoms with Gasteiger partial charge in [0, 0.05) is 24.0 Å². The molecule has 0 spiro atoms. The lowest BCUT2D eigenvalue weighted by molar-refractivity contribution is 0.630. The molecule has 3 aromatic rings.